The predicted octanol–water partition coefficient (Wildman–Crippen LogP) is 3.40. The first kappa shape index (κ1) is 16.1. The van der Waals surface area contributed by atoms with Gasteiger partial charge in [-0.05, 0) is 49.4 Å². The Labute approximate surface area is 150 Å². The van der Waals surface area contributed by atoms with Crippen LogP contribution in [0.4, 0.5) is 0 Å². The second-order valence-electron chi connectivity index (χ2n) is 6.32. The zero-order chi connectivity index (χ0) is 17.2. The van der Waals surface area contributed by atoms with Crippen LogP contribution in [0.3, 0.4) is 0 Å². The molecule has 1 N–H and O–H groups in total. The van der Waals surface area contributed by atoms with Crippen molar-refractivity contribution < 1.29 is 4.79 Å². The molecule has 1 amide bonds. The lowest BCUT2D eigenvalue weighted by Gasteiger charge is -2.27. The van der Waals surface area contributed by atoms with E-state index in [4.69, 9.17) is 0 Å². The number of hydrogen-bond acceptors (Lipinski definition) is 4. The molecule has 0 saturated carbocycles. The van der Waals surface area contributed by atoms with E-state index in [0.717, 1.165) is 30.1 Å². The van der Waals surface area contributed by atoms with Crippen molar-refractivity contribution in [3.05, 3.63) is 59.8 Å². The number of aromatic nitrogens is 3. The van der Waals surface area contributed by atoms with Gasteiger partial charge in [0.15, 0.2) is 10.8 Å². The number of rotatable bonds is 4. The average molecular weight is 352 g/mol. The minimum atomic E-state index is -0.235. The van der Waals surface area contributed by atoms with Crippen LogP contribution in [0.15, 0.2) is 53.8 Å². The highest BCUT2D eigenvalue weighted by Gasteiger charge is 2.24. The molecule has 0 fully saturated rings. The van der Waals surface area contributed by atoms with Gasteiger partial charge in [0.25, 0.3) is 0 Å². The molecule has 2 unspecified atom stereocenters. The fourth-order valence-corrected chi connectivity index (χ4v) is 4.15. The number of aryl methyl sites for hydroxylation is 1. The van der Waals surface area contributed by atoms with Crippen molar-refractivity contribution in [3.63, 3.8) is 0 Å². The molecule has 25 heavy (non-hydrogen) atoms. The summed E-state index contributed by atoms with van der Waals surface area (Å²) in [4.78, 5) is 12.7. The van der Waals surface area contributed by atoms with Crippen molar-refractivity contribution in [2.24, 2.45) is 0 Å². The summed E-state index contributed by atoms with van der Waals surface area (Å²) < 4.78 is 1.91. The quantitative estimate of drug-likeness (QED) is 0.731. The molecule has 1 aromatic carbocycles. The third-order valence-electron chi connectivity index (χ3n) is 4.62. The highest BCUT2D eigenvalue weighted by molar-refractivity contribution is 8.00. The van der Waals surface area contributed by atoms with Gasteiger partial charge in [0.05, 0.1) is 11.3 Å². The van der Waals surface area contributed by atoms with Gasteiger partial charge in [0, 0.05) is 6.20 Å². The molecule has 1 aliphatic carbocycles. The molecule has 5 nitrogen and oxygen atoms in total. The van der Waals surface area contributed by atoms with Crippen LogP contribution in [0.5, 0.6) is 0 Å². The van der Waals surface area contributed by atoms with Crippen molar-refractivity contribution in [3.8, 4) is 0 Å². The fraction of sp³-hybridized carbons (Fsp3) is 0.316. The number of hydrogen-bond donors (Lipinski definition) is 1. The van der Waals surface area contributed by atoms with Crippen LogP contribution < -0.4 is 5.32 Å². The van der Waals surface area contributed by atoms with Crippen LogP contribution >= 0.6 is 11.8 Å². The summed E-state index contributed by atoms with van der Waals surface area (Å²) in [6, 6.07) is 14.3. The number of thioether (sulfide) groups is 1. The number of benzene rings is 1. The molecule has 128 valence electrons. The molecule has 0 spiro atoms. The Morgan fingerprint density at radius 3 is 3.00 bits per heavy atom. The van der Waals surface area contributed by atoms with Crippen molar-refractivity contribution in [1.82, 2.24) is 19.9 Å². The third-order valence-corrected chi connectivity index (χ3v) is 5.68. The van der Waals surface area contributed by atoms with Crippen molar-refractivity contribution >= 4 is 23.3 Å². The Hall–Kier alpha value is -2.34. The molecule has 4 rings (SSSR count). The molecule has 2 heterocycles. The summed E-state index contributed by atoms with van der Waals surface area (Å²) in [6.45, 7) is 1.92. The van der Waals surface area contributed by atoms with E-state index < -0.39 is 0 Å². The summed E-state index contributed by atoms with van der Waals surface area (Å²) in [6.07, 6.45) is 5.12. The predicted molar refractivity (Wildman–Crippen MR) is 98.6 cm³/mol. The van der Waals surface area contributed by atoms with E-state index in [1.54, 1.807) is 0 Å². The number of carbonyl (C=O) groups excluding carboxylic acids is 1. The summed E-state index contributed by atoms with van der Waals surface area (Å²) in [7, 11) is 0. The number of nitrogens with one attached hydrogen (secondary N) is 1. The molecule has 0 bridgehead atoms. The maximum absolute atomic E-state index is 12.7. The minimum absolute atomic E-state index is 0.0411. The van der Waals surface area contributed by atoms with E-state index in [0.29, 0.717) is 0 Å². The molecule has 1 aliphatic rings. The lowest BCUT2D eigenvalue weighted by molar-refractivity contribution is -0.121. The zero-order valence-corrected chi connectivity index (χ0v) is 14.9. The standard InChI is InChI=1S/C19H20N4OS/c1-13(25-19-22-21-17-11-4-5-12-23(17)19)18(24)20-16-10-6-8-14-7-2-3-9-15(14)16/h2-5,7,9,11-13,16H,6,8,10H2,1H3,(H,20,24). The average Bonchev–Trinajstić information content (AvgIpc) is 3.05. The van der Waals surface area contributed by atoms with Gasteiger partial charge in [0.2, 0.25) is 5.91 Å². The Morgan fingerprint density at radius 1 is 1.24 bits per heavy atom. The largest absolute Gasteiger partial charge is 0.348 e. The van der Waals surface area contributed by atoms with Gasteiger partial charge in [0.1, 0.15) is 0 Å². The van der Waals surface area contributed by atoms with E-state index in [1.165, 1.54) is 22.9 Å². The Kier molecular flexibility index (Phi) is 4.44. The molecular formula is C19H20N4OS. The monoisotopic (exact) mass is 352 g/mol. The van der Waals surface area contributed by atoms with E-state index >= 15 is 0 Å². The van der Waals surface area contributed by atoms with E-state index in [-0.39, 0.29) is 17.2 Å². The minimum Gasteiger partial charge on any atom is -0.348 e. The zero-order valence-electron chi connectivity index (χ0n) is 14.1. The smallest absolute Gasteiger partial charge is 0.233 e. The third kappa shape index (κ3) is 3.26. The summed E-state index contributed by atoms with van der Waals surface area (Å²) in [5.74, 6) is 0.0411. The molecule has 0 radical (unpaired) electrons. The summed E-state index contributed by atoms with van der Waals surface area (Å²) >= 11 is 1.44. The summed E-state index contributed by atoms with van der Waals surface area (Å²) in [5.41, 5.74) is 3.40. The Balaban J connectivity index is 1.46. The number of amides is 1. The van der Waals surface area contributed by atoms with Gasteiger partial charge in [-0.25, -0.2) is 0 Å². The van der Waals surface area contributed by atoms with E-state index in [9.17, 15) is 4.79 Å². The normalized spacial score (nSPS) is 17.9. The lowest BCUT2D eigenvalue weighted by atomic mass is 9.88. The second-order valence-corrected chi connectivity index (χ2v) is 7.63. The first-order valence-corrected chi connectivity index (χ1v) is 9.45. The molecule has 6 heteroatoms. The maximum atomic E-state index is 12.7. The molecule has 0 saturated heterocycles. The van der Waals surface area contributed by atoms with Crippen LogP contribution in [0.2, 0.25) is 0 Å². The highest BCUT2D eigenvalue weighted by Crippen LogP contribution is 2.30. The Bertz CT molecular complexity index is 907. The number of nitrogens with zero attached hydrogens (tertiary/aromatic N) is 3. The fourth-order valence-electron chi connectivity index (χ4n) is 3.30. The molecule has 0 aliphatic heterocycles. The first-order chi connectivity index (χ1) is 12.2. The molecular weight excluding hydrogens is 332 g/mol. The number of fused-ring (bicyclic) bond motifs is 2. The van der Waals surface area contributed by atoms with Crippen LogP contribution in [0.25, 0.3) is 5.65 Å². The molecule has 2 aromatic heterocycles. The molecule has 2 atom stereocenters. The highest BCUT2D eigenvalue weighted by atomic mass is 32.2. The summed E-state index contributed by atoms with van der Waals surface area (Å²) in [5, 5.41) is 12.1. The number of pyridine rings is 1. The first-order valence-electron chi connectivity index (χ1n) is 8.57. The van der Waals surface area contributed by atoms with E-state index in [2.05, 4.69) is 33.7 Å². The molecule has 3 aromatic rings. The van der Waals surface area contributed by atoms with Crippen molar-refractivity contribution in [2.75, 3.05) is 0 Å². The van der Waals surface area contributed by atoms with E-state index in [1.807, 2.05) is 41.8 Å². The van der Waals surface area contributed by atoms with Crippen LogP contribution in [-0.2, 0) is 11.2 Å². The van der Waals surface area contributed by atoms with Gasteiger partial charge in [-0.15, -0.1) is 10.2 Å². The van der Waals surface area contributed by atoms with Gasteiger partial charge in [-0.2, -0.15) is 0 Å². The van der Waals surface area contributed by atoms with Gasteiger partial charge in [-0.1, -0.05) is 42.1 Å². The van der Waals surface area contributed by atoms with Crippen LogP contribution in [0, 0.1) is 0 Å². The van der Waals surface area contributed by atoms with Gasteiger partial charge < -0.3 is 5.32 Å². The Morgan fingerprint density at radius 2 is 2.08 bits per heavy atom. The second kappa shape index (κ2) is 6.88. The van der Waals surface area contributed by atoms with Gasteiger partial charge >= 0.3 is 0 Å². The van der Waals surface area contributed by atoms with Gasteiger partial charge in [-0.3, -0.25) is 9.20 Å². The maximum Gasteiger partial charge on any atom is 0.233 e. The number of carbonyl (C=O) groups is 1. The SMILES string of the molecule is CC(Sc1nnc2ccccn12)C(=O)NC1CCCc2ccccc21. The van der Waals surface area contributed by atoms with Crippen LogP contribution in [0.1, 0.15) is 36.9 Å². The van der Waals surface area contributed by atoms with Crippen molar-refractivity contribution in [2.45, 2.75) is 42.6 Å². The topological polar surface area (TPSA) is 59.3 Å². The van der Waals surface area contributed by atoms with Crippen LogP contribution in [-0.4, -0.2) is 25.8 Å². The van der Waals surface area contributed by atoms with Crippen molar-refractivity contribution in [1.29, 1.82) is 0 Å². The lowest BCUT2D eigenvalue weighted by Crippen LogP contribution is -2.36.